The lowest BCUT2D eigenvalue weighted by Crippen LogP contribution is -2.35. The predicted octanol–water partition coefficient (Wildman–Crippen LogP) is 7.73. The molecule has 1 aromatic rings. The summed E-state index contributed by atoms with van der Waals surface area (Å²) >= 11 is 1.69. The van der Waals surface area contributed by atoms with Gasteiger partial charge >= 0.3 is 0 Å². The van der Waals surface area contributed by atoms with E-state index in [4.69, 9.17) is 5.73 Å². The van der Waals surface area contributed by atoms with Gasteiger partial charge in [-0.05, 0) is 56.1 Å². The Balaban J connectivity index is 2.31. The molecule has 210 valence electrons. The minimum atomic E-state index is -0.597. The van der Waals surface area contributed by atoms with Crippen LogP contribution in [-0.4, -0.2) is 34.2 Å². The zero-order valence-electron chi connectivity index (χ0n) is 24.4. The van der Waals surface area contributed by atoms with Crippen molar-refractivity contribution in [3.8, 4) is 0 Å². The Morgan fingerprint density at radius 2 is 1.65 bits per heavy atom. The Kier molecular flexibility index (Phi) is 17.3. The van der Waals surface area contributed by atoms with Crippen LogP contribution in [0.25, 0.3) is 0 Å². The number of hydrogen-bond acceptors (Lipinski definition) is 5. The van der Waals surface area contributed by atoms with Crippen molar-refractivity contribution in [3.63, 3.8) is 0 Å². The highest BCUT2D eigenvalue weighted by Crippen LogP contribution is 2.22. The number of carbonyl (C=O) groups excluding carboxylic acids is 2. The third kappa shape index (κ3) is 16.6. The molecule has 0 aliphatic heterocycles. The minimum Gasteiger partial charge on any atom is -0.369 e. The monoisotopic (exact) mass is 531 g/mol. The van der Waals surface area contributed by atoms with E-state index in [0.29, 0.717) is 11.6 Å². The van der Waals surface area contributed by atoms with Gasteiger partial charge in [0.25, 0.3) is 0 Å². The summed E-state index contributed by atoms with van der Waals surface area (Å²) in [4.78, 5) is 28.2. The van der Waals surface area contributed by atoms with Crippen molar-refractivity contribution in [2.75, 3.05) is 16.8 Å². The molecule has 0 aliphatic rings. The Bertz CT molecular complexity index is 824. The zero-order chi connectivity index (χ0) is 27.6. The number of carbonyl (C=O) groups is 2. The topological polar surface area (TPSA) is 85.1 Å². The molecule has 37 heavy (non-hydrogen) atoms. The number of nitrogens with zero attached hydrogens (tertiary/aromatic N) is 1. The number of nitrogens with one attached hydrogen (secondary N) is 1. The number of amides is 1. The fourth-order valence-corrected chi connectivity index (χ4v) is 5.55. The summed E-state index contributed by atoms with van der Waals surface area (Å²) in [5.41, 5.74) is 7.64. The van der Waals surface area contributed by atoms with Crippen molar-refractivity contribution in [2.45, 2.75) is 112 Å². The molecule has 3 unspecified atom stereocenters. The normalized spacial score (nSPS) is 14.4. The van der Waals surface area contributed by atoms with E-state index in [1.807, 2.05) is 19.1 Å². The molecule has 1 amide bonds. The van der Waals surface area contributed by atoms with Crippen molar-refractivity contribution in [1.29, 1.82) is 0 Å². The number of aromatic nitrogens is 1. The van der Waals surface area contributed by atoms with Crippen LogP contribution in [-0.2, 0) is 9.59 Å². The number of ketones is 1. The highest BCUT2D eigenvalue weighted by molar-refractivity contribution is 7.99. The standard InChI is InChI=1S/C31H53N3O2S/c1-23(2)11-7-12-24(3)13-8-14-25(4)15-9-16-26(5)18-20-37-22-28(29(35)21-30(32)36)34-31-27(6)17-10-19-33-31/h10,17-19,23-25,28H,7-9,11-16,20-22H2,1-6H3,(H2,32,36)(H,33,34)/b26-18+. The van der Waals surface area contributed by atoms with Gasteiger partial charge in [-0.2, -0.15) is 11.8 Å². The van der Waals surface area contributed by atoms with Crippen LogP contribution in [0.5, 0.6) is 0 Å². The van der Waals surface area contributed by atoms with E-state index in [-0.39, 0.29) is 12.2 Å². The van der Waals surface area contributed by atoms with Gasteiger partial charge in [0.05, 0.1) is 12.5 Å². The van der Waals surface area contributed by atoms with Crippen LogP contribution in [0.1, 0.15) is 104 Å². The largest absolute Gasteiger partial charge is 0.369 e. The quantitative estimate of drug-likeness (QED) is 0.0963. The maximum absolute atomic E-state index is 12.6. The predicted molar refractivity (Wildman–Crippen MR) is 161 cm³/mol. The molecule has 3 atom stereocenters. The summed E-state index contributed by atoms with van der Waals surface area (Å²) in [5.74, 6) is 3.79. The third-order valence-electron chi connectivity index (χ3n) is 7.03. The van der Waals surface area contributed by atoms with Crippen LogP contribution in [0, 0.1) is 24.7 Å². The van der Waals surface area contributed by atoms with Gasteiger partial charge in [0.2, 0.25) is 5.91 Å². The number of hydrogen-bond donors (Lipinski definition) is 2. The van der Waals surface area contributed by atoms with E-state index in [2.05, 4.69) is 51.0 Å². The molecule has 5 nitrogen and oxygen atoms in total. The van der Waals surface area contributed by atoms with E-state index in [1.165, 1.54) is 56.9 Å². The van der Waals surface area contributed by atoms with Crippen molar-refractivity contribution < 1.29 is 9.59 Å². The molecule has 0 saturated heterocycles. The number of thioether (sulfide) groups is 1. The number of anilines is 1. The summed E-state index contributed by atoms with van der Waals surface area (Å²) in [5, 5.41) is 3.22. The van der Waals surface area contributed by atoms with Crippen LogP contribution >= 0.6 is 11.8 Å². The molecule has 0 fully saturated rings. The van der Waals surface area contributed by atoms with Crippen LogP contribution in [0.15, 0.2) is 30.0 Å². The molecule has 0 spiro atoms. The number of rotatable bonds is 21. The first-order valence-electron chi connectivity index (χ1n) is 14.3. The molecule has 0 radical (unpaired) electrons. The lowest BCUT2D eigenvalue weighted by molar-refractivity contribution is -0.126. The van der Waals surface area contributed by atoms with E-state index < -0.39 is 11.9 Å². The van der Waals surface area contributed by atoms with E-state index in [1.54, 1.807) is 18.0 Å². The maximum atomic E-state index is 12.6. The van der Waals surface area contributed by atoms with E-state index >= 15 is 0 Å². The van der Waals surface area contributed by atoms with Gasteiger partial charge in [0.15, 0.2) is 5.78 Å². The summed E-state index contributed by atoms with van der Waals surface area (Å²) in [6.45, 7) is 13.6. The van der Waals surface area contributed by atoms with Gasteiger partial charge in [-0.15, -0.1) is 0 Å². The molecular weight excluding hydrogens is 478 g/mol. The van der Waals surface area contributed by atoms with Crippen LogP contribution in [0.2, 0.25) is 0 Å². The van der Waals surface area contributed by atoms with E-state index in [0.717, 1.165) is 35.5 Å². The Morgan fingerprint density at radius 3 is 2.24 bits per heavy atom. The molecule has 1 heterocycles. The van der Waals surface area contributed by atoms with Crippen molar-refractivity contribution in [3.05, 3.63) is 35.5 Å². The molecule has 0 aromatic carbocycles. The molecule has 1 aromatic heterocycles. The lowest BCUT2D eigenvalue weighted by atomic mass is 9.91. The third-order valence-corrected chi connectivity index (χ3v) is 8.00. The molecule has 1 rings (SSSR count). The van der Waals surface area contributed by atoms with Gasteiger partial charge in [-0.25, -0.2) is 4.98 Å². The van der Waals surface area contributed by atoms with Gasteiger partial charge in [0.1, 0.15) is 5.82 Å². The van der Waals surface area contributed by atoms with E-state index in [9.17, 15) is 9.59 Å². The molecule has 0 saturated carbocycles. The zero-order valence-corrected chi connectivity index (χ0v) is 25.2. The Labute approximate surface area is 231 Å². The van der Waals surface area contributed by atoms with Gasteiger partial charge in [-0.3, -0.25) is 9.59 Å². The fraction of sp³-hybridized carbons (Fsp3) is 0.710. The second-order valence-corrected chi connectivity index (χ2v) is 12.5. The van der Waals surface area contributed by atoms with Gasteiger partial charge < -0.3 is 11.1 Å². The number of aryl methyl sites for hydroxylation is 1. The first-order chi connectivity index (χ1) is 17.6. The van der Waals surface area contributed by atoms with Crippen molar-refractivity contribution >= 4 is 29.3 Å². The van der Waals surface area contributed by atoms with Crippen LogP contribution in [0.3, 0.4) is 0 Å². The first-order valence-corrected chi connectivity index (χ1v) is 15.5. The summed E-state index contributed by atoms with van der Waals surface area (Å²) < 4.78 is 0. The lowest BCUT2D eigenvalue weighted by Gasteiger charge is -2.18. The molecule has 0 aliphatic carbocycles. The number of allylic oxidation sites excluding steroid dienone is 1. The summed E-state index contributed by atoms with van der Waals surface area (Å²) in [6.07, 6.45) is 15.6. The number of pyridine rings is 1. The summed E-state index contributed by atoms with van der Waals surface area (Å²) in [7, 11) is 0. The summed E-state index contributed by atoms with van der Waals surface area (Å²) in [6, 6.07) is 3.32. The van der Waals surface area contributed by atoms with Gasteiger partial charge in [0, 0.05) is 17.7 Å². The maximum Gasteiger partial charge on any atom is 0.224 e. The Hall–Kier alpha value is -1.82. The van der Waals surface area contributed by atoms with Crippen molar-refractivity contribution in [2.24, 2.45) is 23.5 Å². The molecule has 0 bridgehead atoms. The second-order valence-electron chi connectivity index (χ2n) is 11.4. The Morgan fingerprint density at radius 1 is 1.03 bits per heavy atom. The van der Waals surface area contributed by atoms with Gasteiger partial charge in [-0.1, -0.05) is 90.4 Å². The smallest absolute Gasteiger partial charge is 0.224 e. The molecule has 3 N–H and O–H groups in total. The van der Waals surface area contributed by atoms with Crippen LogP contribution < -0.4 is 11.1 Å². The number of Topliss-reactive ketones (excluding diaryl/α,β-unsaturated/α-hetero) is 1. The minimum absolute atomic E-state index is 0.190. The van der Waals surface area contributed by atoms with Crippen LogP contribution in [0.4, 0.5) is 5.82 Å². The molecular formula is C31H53N3O2S. The van der Waals surface area contributed by atoms with Crippen molar-refractivity contribution in [1.82, 2.24) is 4.98 Å². The average molecular weight is 532 g/mol. The molecule has 6 heteroatoms. The highest BCUT2D eigenvalue weighted by Gasteiger charge is 2.21. The number of primary amides is 1. The average Bonchev–Trinajstić information content (AvgIpc) is 2.81. The second kappa shape index (κ2) is 19.3. The number of nitrogens with two attached hydrogens (primary N) is 1. The fourth-order valence-electron chi connectivity index (χ4n) is 4.51. The SMILES string of the molecule is C/C(=C\CSCC(Nc1ncccc1C)C(=O)CC(N)=O)CCCC(C)CCCC(C)CCCC(C)C. The first kappa shape index (κ1) is 33.2. The highest BCUT2D eigenvalue weighted by atomic mass is 32.2.